The highest BCUT2D eigenvalue weighted by Crippen LogP contribution is 2.37. The maximum atomic E-state index is 13.3. The highest BCUT2D eigenvalue weighted by atomic mass is 79.9. The molecular formula is C24H19BrN2OS. The number of nitrogens with zero attached hydrogens (tertiary/aromatic N) is 2. The van der Waals surface area contributed by atoms with Gasteiger partial charge in [-0.1, -0.05) is 63.5 Å². The Labute approximate surface area is 183 Å². The number of rotatable bonds is 3. The van der Waals surface area contributed by atoms with Gasteiger partial charge in [0.1, 0.15) is 0 Å². The molecule has 3 nitrogen and oxygen atoms in total. The minimum atomic E-state index is -0.0651. The van der Waals surface area contributed by atoms with Crippen LogP contribution in [0, 0.1) is 13.8 Å². The van der Waals surface area contributed by atoms with Crippen molar-refractivity contribution in [3.8, 4) is 0 Å². The maximum absolute atomic E-state index is 13.3. The Morgan fingerprint density at radius 3 is 2.24 bits per heavy atom. The Bertz CT molecular complexity index is 1120. The number of benzene rings is 3. The summed E-state index contributed by atoms with van der Waals surface area (Å²) in [4.78, 5) is 20.4. The molecule has 0 aromatic heterocycles. The van der Waals surface area contributed by atoms with Crippen molar-refractivity contribution in [3.63, 3.8) is 0 Å². The number of aliphatic imine (C=N–C) groups is 1. The fourth-order valence-electron chi connectivity index (χ4n) is 2.95. The van der Waals surface area contributed by atoms with E-state index in [-0.39, 0.29) is 5.91 Å². The summed E-state index contributed by atoms with van der Waals surface area (Å²) in [5.41, 5.74) is 4.93. The van der Waals surface area contributed by atoms with Gasteiger partial charge in [0.2, 0.25) is 0 Å². The Morgan fingerprint density at radius 2 is 1.59 bits per heavy atom. The van der Waals surface area contributed by atoms with E-state index in [4.69, 9.17) is 4.99 Å². The third-order valence-electron chi connectivity index (χ3n) is 4.50. The largest absolute Gasteiger partial charge is 0.271 e. The monoisotopic (exact) mass is 462 g/mol. The van der Waals surface area contributed by atoms with Gasteiger partial charge < -0.3 is 0 Å². The Morgan fingerprint density at radius 1 is 0.931 bits per heavy atom. The first-order chi connectivity index (χ1) is 14.0. The molecule has 3 aromatic carbocycles. The number of hydrogen-bond donors (Lipinski definition) is 0. The fourth-order valence-corrected chi connectivity index (χ4v) is 4.37. The number of carbonyl (C=O) groups is 1. The van der Waals surface area contributed by atoms with Crippen molar-refractivity contribution in [2.24, 2.45) is 4.99 Å². The summed E-state index contributed by atoms with van der Waals surface area (Å²) in [5.74, 6) is -0.0651. The van der Waals surface area contributed by atoms with Gasteiger partial charge in [0, 0.05) is 4.47 Å². The smallest absolute Gasteiger partial charge is 0.268 e. The summed E-state index contributed by atoms with van der Waals surface area (Å²) in [5, 5.41) is 0.656. The second kappa shape index (κ2) is 8.39. The van der Waals surface area contributed by atoms with Crippen LogP contribution in [0.25, 0.3) is 6.08 Å². The number of carbonyl (C=O) groups excluding carboxylic acids is 1. The molecule has 29 heavy (non-hydrogen) atoms. The fraction of sp³-hybridized carbons (Fsp3) is 0.0833. The topological polar surface area (TPSA) is 32.7 Å². The molecule has 4 rings (SSSR count). The Hall–Kier alpha value is -2.63. The van der Waals surface area contributed by atoms with Crippen LogP contribution in [0.4, 0.5) is 11.4 Å². The third kappa shape index (κ3) is 4.52. The van der Waals surface area contributed by atoms with Gasteiger partial charge in [-0.25, -0.2) is 4.99 Å². The maximum Gasteiger partial charge on any atom is 0.271 e. The molecule has 1 saturated heterocycles. The lowest BCUT2D eigenvalue weighted by Crippen LogP contribution is -2.28. The molecule has 1 fully saturated rings. The third-order valence-corrected chi connectivity index (χ3v) is 5.97. The van der Waals surface area contributed by atoms with Gasteiger partial charge in [0.15, 0.2) is 5.17 Å². The average molecular weight is 463 g/mol. The molecule has 5 heteroatoms. The molecule has 0 spiro atoms. The van der Waals surface area contributed by atoms with E-state index in [0.717, 1.165) is 27.0 Å². The van der Waals surface area contributed by atoms with Crippen molar-refractivity contribution in [1.29, 1.82) is 0 Å². The van der Waals surface area contributed by atoms with Crippen molar-refractivity contribution in [2.45, 2.75) is 13.8 Å². The zero-order valence-corrected chi connectivity index (χ0v) is 18.5. The summed E-state index contributed by atoms with van der Waals surface area (Å²) < 4.78 is 0.978. The average Bonchev–Trinajstić information content (AvgIpc) is 2.99. The van der Waals surface area contributed by atoms with Crippen molar-refractivity contribution in [2.75, 3.05) is 4.90 Å². The minimum absolute atomic E-state index is 0.0651. The van der Waals surface area contributed by atoms with Gasteiger partial charge in [0.05, 0.1) is 16.3 Å². The van der Waals surface area contributed by atoms with E-state index in [2.05, 4.69) is 15.9 Å². The van der Waals surface area contributed by atoms with Gasteiger partial charge in [0.25, 0.3) is 5.91 Å². The van der Waals surface area contributed by atoms with E-state index in [1.165, 1.54) is 17.3 Å². The summed E-state index contributed by atoms with van der Waals surface area (Å²) in [6.45, 7) is 4.08. The molecule has 0 saturated carbocycles. The predicted molar refractivity (Wildman–Crippen MR) is 127 cm³/mol. The lowest BCUT2D eigenvalue weighted by molar-refractivity contribution is -0.113. The SMILES string of the molecule is Cc1ccc(N=C2S/C(=C\c3cccc(Br)c3)C(=O)N2c2ccc(C)cc2)cc1. The molecule has 0 radical (unpaired) electrons. The first-order valence-corrected chi connectivity index (χ1v) is 10.8. The zero-order valence-electron chi connectivity index (χ0n) is 16.1. The molecule has 3 aromatic rings. The molecule has 0 bridgehead atoms. The van der Waals surface area contributed by atoms with E-state index in [9.17, 15) is 4.79 Å². The molecule has 1 aliphatic heterocycles. The van der Waals surface area contributed by atoms with Crippen molar-refractivity contribution in [3.05, 3.63) is 98.9 Å². The first kappa shape index (κ1) is 19.7. The highest BCUT2D eigenvalue weighted by Gasteiger charge is 2.34. The number of anilines is 1. The number of amidine groups is 1. The quantitative estimate of drug-likeness (QED) is 0.397. The van der Waals surface area contributed by atoms with Crippen LogP contribution >= 0.6 is 27.7 Å². The predicted octanol–water partition coefficient (Wildman–Crippen LogP) is 6.87. The van der Waals surface area contributed by atoms with E-state index in [0.29, 0.717) is 10.1 Å². The molecule has 1 heterocycles. The van der Waals surface area contributed by atoms with E-state index >= 15 is 0 Å². The molecule has 1 amide bonds. The standard InChI is InChI=1S/C24H19BrN2OS/c1-16-6-10-20(11-7-16)26-24-27(21-12-8-17(2)9-13-21)23(28)22(29-24)15-18-4-3-5-19(25)14-18/h3-15H,1-2H3/b22-15-,26-24?. The summed E-state index contributed by atoms with van der Waals surface area (Å²) in [7, 11) is 0. The molecule has 144 valence electrons. The number of aryl methyl sites for hydroxylation is 2. The molecule has 0 N–H and O–H groups in total. The number of halogens is 1. The van der Waals surface area contributed by atoms with Crippen LogP contribution in [-0.2, 0) is 4.79 Å². The second-order valence-corrected chi connectivity index (χ2v) is 8.80. The van der Waals surface area contributed by atoms with Crippen molar-refractivity contribution < 1.29 is 4.79 Å². The van der Waals surface area contributed by atoms with E-state index < -0.39 is 0 Å². The molecule has 0 unspecified atom stereocenters. The number of thioether (sulfide) groups is 1. The summed E-state index contributed by atoms with van der Waals surface area (Å²) in [6, 6.07) is 23.8. The van der Waals surface area contributed by atoms with Crippen molar-refractivity contribution >= 4 is 56.2 Å². The second-order valence-electron chi connectivity index (χ2n) is 6.87. The van der Waals surface area contributed by atoms with Crippen LogP contribution in [0.3, 0.4) is 0 Å². The lowest BCUT2D eigenvalue weighted by atomic mass is 10.2. The van der Waals surface area contributed by atoms with Crippen LogP contribution < -0.4 is 4.90 Å². The number of amides is 1. The van der Waals surface area contributed by atoms with Crippen LogP contribution in [0.1, 0.15) is 16.7 Å². The van der Waals surface area contributed by atoms with Crippen LogP contribution in [0.5, 0.6) is 0 Å². The molecule has 1 aliphatic rings. The molecule has 0 atom stereocenters. The Kier molecular flexibility index (Phi) is 5.69. The van der Waals surface area contributed by atoms with Gasteiger partial charge >= 0.3 is 0 Å². The molecular weight excluding hydrogens is 444 g/mol. The van der Waals surface area contributed by atoms with Crippen LogP contribution in [-0.4, -0.2) is 11.1 Å². The van der Waals surface area contributed by atoms with Crippen LogP contribution in [0.15, 0.2) is 87.2 Å². The van der Waals surface area contributed by atoms with Gasteiger partial charge in [-0.05, 0) is 73.6 Å². The Balaban J connectivity index is 1.77. The van der Waals surface area contributed by atoms with E-state index in [1.807, 2.05) is 92.7 Å². The zero-order chi connectivity index (χ0) is 20.4. The van der Waals surface area contributed by atoms with Crippen molar-refractivity contribution in [1.82, 2.24) is 0 Å². The van der Waals surface area contributed by atoms with Gasteiger partial charge in [-0.15, -0.1) is 0 Å². The molecule has 0 aliphatic carbocycles. The summed E-state index contributed by atoms with van der Waals surface area (Å²) in [6.07, 6.45) is 1.91. The van der Waals surface area contributed by atoms with E-state index in [1.54, 1.807) is 4.90 Å². The summed E-state index contributed by atoms with van der Waals surface area (Å²) >= 11 is 4.89. The lowest BCUT2D eigenvalue weighted by Gasteiger charge is -2.16. The number of hydrogen-bond acceptors (Lipinski definition) is 3. The highest BCUT2D eigenvalue weighted by molar-refractivity contribution is 9.10. The van der Waals surface area contributed by atoms with Gasteiger partial charge in [-0.3, -0.25) is 9.69 Å². The minimum Gasteiger partial charge on any atom is -0.268 e. The normalized spacial score (nSPS) is 16.8. The first-order valence-electron chi connectivity index (χ1n) is 9.21. The van der Waals surface area contributed by atoms with Crippen LogP contribution in [0.2, 0.25) is 0 Å². The van der Waals surface area contributed by atoms with Gasteiger partial charge in [-0.2, -0.15) is 0 Å².